The standard InChI is InChI=1S/C11H20N2O/c1-2-9(1)8-14-11-5-10-6-12-3-4-13(10)7-11/h9-12H,1-8H2/t10-,11+/m0/s1. The Morgan fingerprint density at radius 2 is 2.29 bits per heavy atom. The number of ether oxygens (including phenoxy) is 1. The van der Waals surface area contributed by atoms with E-state index in [2.05, 4.69) is 10.2 Å². The first-order chi connectivity index (χ1) is 6.92. The SMILES string of the molecule is C1CN2C[C@H](OCC3CC3)C[C@H]2CN1. The second-order valence-electron chi connectivity index (χ2n) is 4.99. The van der Waals surface area contributed by atoms with Gasteiger partial charge in [-0.05, 0) is 25.2 Å². The normalized spacial score (nSPS) is 38.6. The number of fused-ring (bicyclic) bond motifs is 1. The van der Waals surface area contributed by atoms with Crippen LogP contribution in [0.5, 0.6) is 0 Å². The summed E-state index contributed by atoms with van der Waals surface area (Å²) < 4.78 is 5.95. The zero-order chi connectivity index (χ0) is 9.38. The minimum absolute atomic E-state index is 0.528. The van der Waals surface area contributed by atoms with Gasteiger partial charge in [0.1, 0.15) is 0 Å². The van der Waals surface area contributed by atoms with Crippen LogP contribution in [-0.2, 0) is 4.74 Å². The molecule has 0 aromatic heterocycles. The van der Waals surface area contributed by atoms with Gasteiger partial charge in [-0.2, -0.15) is 0 Å². The first-order valence-corrected chi connectivity index (χ1v) is 5.98. The maximum atomic E-state index is 5.95. The monoisotopic (exact) mass is 196 g/mol. The zero-order valence-electron chi connectivity index (χ0n) is 8.74. The second kappa shape index (κ2) is 3.80. The maximum absolute atomic E-state index is 5.95. The van der Waals surface area contributed by atoms with E-state index in [1.54, 1.807) is 0 Å². The third-order valence-corrected chi connectivity index (χ3v) is 3.71. The van der Waals surface area contributed by atoms with Gasteiger partial charge in [0.05, 0.1) is 6.10 Å². The fraction of sp³-hybridized carbons (Fsp3) is 1.00. The number of piperazine rings is 1. The van der Waals surface area contributed by atoms with Crippen molar-refractivity contribution in [2.24, 2.45) is 5.92 Å². The van der Waals surface area contributed by atoms with Crippen LogP contribution < -0.4 is 5.32 Å². The maximum Gasteiger partial charge on any atom is 0.0717 e. The predicted octanol–water partition coefficient (Wildman–Crippen LogP) is 0.459. The molecule has 0 radical (unpaired) electrons. The summed E-state index contributed by atoms with van der Waals surface area (Å²) in [4.78, 5) is 2.59. The molecule has 0 bridgehead atoms. The smallest absolute Gasteiger partial charge is 0.0717 e. The number of nitrogens with one attached hydrogen (secondary N) is 1. The van der Waals surface area contributed by atoms with Crippen molar-refractivity contribution in [1.29, 1.82) is 0 Å². The molecule has 2 saturated heterocycles. The average molecular weight is 196 g/mol. The Kier molecular flexibility index (Phi) is 2.48. The summed E-state index contributed by atoms with van der Waals surface area (Å²) in [7, 11) is 0. The van der Waals surface area contributed by atoms with E-state index in [1.165, 1.54) is 38.9 Å². The van der Waals surface area contributed by atoms with Gasteiger partial charge in [0.25, 0.3) is 0 Å². The Morgan fingerprint density at radius 3 is 3.07 bits per heavy atom. The van der Waals surface area contributed by atoms with Gasteiger partial charge in [0.15, 0.2) is 0 Å². The van der Waals surface area contributed by atoms with Crippen LogP contribution in [0.25, 0.3) is 0 Å². The molecule has 1 N–H and O–H groups in total. The third-order valence-electron chi connectivity index (χ3n) is 3.71. The van der Waals surface area contributed by atoms with Crippen LogP contribution in [0.15, 0.2) is 0 Å². The van der Waals surface area contributed by atoms with Crippen LogP contribution >= 0.6 is 0 Å². The van der Waals surface area contributed by atoms with E-state index in [-0.39, 0.29) is 0 Å². The van der Waals surface area contributed by atoms with Gasteiger partial charge in [0, 0.05) is 38.8 Å². The number of nitrogens with zero attached hydrogens (tertiary/aromatic N) is 1. The summed E-state index contributed by atoms with van der Waals surface area (Å²) in [6.45, 7) is 5.75. The third kappa shape index (κ3) is 1.95. The van der Waals surface area contributed by atoms with Gasteiger partial charge >= 0.3 is 0 Å². The summed E-state index contributed by atoms with van der Waals surface area (Å²) in [6, 6.07) is 0.757. The molecule has 80 valence electrons. The molecule has 0 aromatic rings. The fourth-order valence-corrected chi connectivity index (χ4v) is 2.59. The summed E-state index contributed by atoms with van der Waals surface area (Å²) in [5, 5.41) is 3.46. The molecule has 3 aliphatic rings. The summed E-state index contributed by atoms with van der Waals surface area (Å²) in [6.07, 6.45) is 4.59. The van der Waals surface area contributed by atoms with E-state index in [0.717, 1.165) is 25.1 Å². The highest BCUT2D eigenvalue weighted by atomic mass is 16.5. The molecule has 1 saturated carbocycles. The lowest BCUT2D eigenvalue weighted by Crippen LogP contribution is -2.47. The lowest BCUT2D eigenvalue weighted by atomic mass is 10.2. The van der Waals surface area contributed by atoms with Crippen molar-refractivity contribution in [1.82, 2.24) is 10.2 Å². The van der Waals surface area contributed by atoms with Crippen molar-refractivity contribution in [2.75, 3.05) is 32.8 Å². The van der Waals surface area contributed by atoms with Crippen molar-refractivity contribution in [3.63, 3.8) is 0 Å². The highest BCUT2D eigenvalue weighted by Crippen LogP contribution is 2.30. The van der Waals surface area contributed by atoms with E-state index in [4.69, 9.17) is 4.74 Å². The molecule has 3 heteroatoms. The minimum atomic E-state index is 0.528. The van der Waals surface area contributed by atoms with Crippen LogP contribution in [0, 0.1) is 5.92 Å². The van der Waals surface area contributed by atoms with E-state index in [9.17, 15) is 0 Å². The molecular formula is C11H20N2O. The van der Waals surface area contributed by atoms with E-state index in [0.29, 0.717) is 6.10 Å². The van der Waals surface area contributed by atoms with E-state index < -0.39 is 0 Å². The highest BCUT2D eigenvalue weighted by Gasteiger charge is 2.34. The van der Waals surface area contributed by atoms with Crippen molar-refractivity contribution in [3.8, 4) is 0 Å². The lowest BCUT2D eigenvalue weighted by Gasteiger charge is -2.29. The Hall–Kier alpha value is -0.120. The van der Waals surface area contributed by atoms with E-state index >= 15 is 0 Å². The molecule has 3 rings (SSSR count). The molecule has 0 aromatic carbocycles. The fourth-order valence-electron chi connectivity index (χ4n) is 2.59. The topological polar surface area (TPSA) is 24.5 Å². The lowest BCUT2D eigenvalue weighted by molar-refractivity contribution is 0.0520. The molecule has 3 nitrogen and oxygen atoms in total. The van der Waals surface area contributed by atoms with Crippen molar-refractivity contribution in [2.45, 2.75) is 31.4 Å². The number of hydrogen-bond donors (Lipinski definition) is 1. The van der Waals surface area contributed by atoms with Crippen LogP contribution in [-0.4, -0.2) is 49.8 Å². The van der Waals surface area contributed by atoms with Gasteiger partial charge in [0.2, 0.25) is 0 Å². The molecule has 0 unspecified atom stereocenters. The van der Waals surface area contributed by atoms with Crippen molar-refractivity contribution >= 4 is 0 Å². The molecule has 2 aliphatic heterocycles. The molecule has 0 amide bonds. The number of hydrogen-bond acceptors (Lipinski definition) is 3. The predicted molar refractivity (Wildman–Crippen MR) is 55.3 cm³/mol. The van der Waals surface area contributed by atoms with Crippen LogP contribution in [0.4, 0.5) is 0 Å². The van der Waals surface area contributed by atoms with Crippen LogP contribution in [0.3, 0.4) is 0 Å². The molecule has 1 aliphatic carbocycles. The first kappa shape index (κ1) is 9.13. The minimum Gasteiger partial charge on any atom is -0.377 e. The zero-order valence-corrected chi connectivity index (χ0v) is 8.74. The van der Waals surface area contributed by atoms with Gasteiger partial charge < -0.3 is 10.1 Å². The summed E-state index contributed by atoms with van der Waals surface area (Å²) in [5.41, 5.74) is 0. The van der Waals surface area contributed by atoms with Gasteiger partial charge in [-0.3, -0.25) is 4.90 Å². The Balaban J connectivity index is 1.47. The van der Waals surface area contributed by atoms with Crippen molar-refractivity contribution < 1.29 is 4.74 Å². The van der Waals surface area contributed by atoms with Gasteiger partial charge in [-0.1, -0.05) is 0 Å². The molecule has 3 fully saturated rings. The Bertz CT molecular complexity index is 191. The molecule has 2 heterocycles. The van der Waals surface area contributed by atoms with Gasteiger partial charge in [-0.25, -0.2) is 0 Å². The van der Waals surface area contributed by atoms with Gasteiger partial charge in [-0.15, -0.1) is 0 Å². The Morgan fingerprint density at radius 1 is 1.36 bits per heavy atom. The highest BCUT2D eigenvalue weighted by molar-refractivity contribution is 4.90. The van der Waals surface area contributed by atoms with E-state index in [1.807, 2.05) is 0 Å². The Labute approximate surface area is 85.8 Å². The largest absolute Gasteiger partial charge is 0.377 e. The quantitative estimate of drug-likeness (QED) is 0.709. The molecule has 2 atom stereocenters. The van der Waals surface area contributed by atoms with Crippen LogP contribution in [0.1, 0.15) is 19.3 Å². The first-order valence-electron chi connectivity index (χ1n) is 5.98. The number of rotatable bonds is 3. The summed E-state index contributed by atoms with van der Waals surface area (Å²) >= 11 is 0. The van der Waals surface area contributed by atoms with Crippen LogP contribution in [0.2, 0.25) is 0 Å². The molecule has 0 spiro atoms. The second-order valence-corrected chi connectivity index (χ2v) is 4.99. The average Bonchev–Trinajstić information content (AvgIpc) is 2.94. The summed E-state index contributed by atoms with van der Waals surface area (Å²) in [5.74, 6) is 0.908. The molecular weight excluding hydrogens is 176 g/mol. The van der Waals surface area contributed by atoms with Crippen molar-refractivity contribution in [3.05, 3.63) is 0 Å². The molecule has 14 heavy (non-hydrogen) atoms.